The Morgan fingerprint density at radius 2 is 2.00 bits per heavy atom. The lowest BCUT2D eigenvalue weighted by atomic mass is 10.1. The molecule has 0 aromatic heterocycles. The minimum absolute atomic E-state index is 0.156. The van der Waals surface area contributed by atoms with E-state index in [-0.39, 0.29) is 6.10 Å². The monoisotopic (exact) mass is 238 g/mol. The van der Waals surface area contributed by atoms with Gasteiger partial charge in [0, 0.05) is 10.6 Å². The van der Waals surface area contributed by atoms with Crippen LogP contribution in [0.2, 0.25) is 0 Å². The van der Waals surface area contributed by atoms with Crippen molar-refractivity contribution in [3.05, 3.63) is 29.8 Å². The van der Waals surface area contributed by atoms with Crippen molar-refractivity contribution in [3.8, 4) is 0 Å². The molecule has 1 aromatic rings. The van der Waals surface area contributed by atoms with Crippen LogP contribution in [0.4, 0.5) is 0 Å². The molecule has 1 nitrogen and oxygen atoms in total. The van der Waals surface area contributed by atoms with E-state index >= 15 is 0 Å². The van der Waals surface area contributed by atoms with E-state index in [2.05, 4.69) is 38.1 Å². The lowest BCUT2D eigenvalue weighted by molar-refractivity contribution is 0.185. The Morgan fingerprint density at radius 1 is 1.25 bits per heavy atom. The molecule has 1 N–H and O–H groups in total. The number of aliphatic hydroxyl groups excluding tert-OH is 1. The summed E-state index contributed by atoms with van der Waals surface area (Å²) in [6.07, 6.45) is 4.37. The molecule has 0 heterocycles. The highest BCUT2D eigenvalue weighted by molar-refractivity contribution is 7.99. The first-order valence-electron chi connectivity index (χ1n) is 6.10. The van der Waals surface area contributed by atoms with Gasteiger partial charge < -0.3 is 5.11 Å². The first kappa shape index (κ1) is 13.6. The minimum atomic E-state index is -0.156. The van der Waals surface area contributed by atoms with Gasteiger partial charge in [0.05, 0.1) is 6.10 Å². The van der Waals surface area contributed by atoms with Gasteiger partial charge in [-0.3, -0.25) is 0 Å². The second-order valence-electron chi connectivity index (χ2n) is 4.23. The molecule has 16 heavy (non-hydrogen) atoms. The third kappa shape index (κ3) is 5.04. The average molecular weight is 238 g/mol. The standard InChI is InChI=1S/C14H22OS/c1-3-4-5-9-13(15)11-16-14-10-7-6-8-12(14)2/h6-8,10,13,15H,3-5,9,11H2,1-2H3. The second-order valence-corrected chi connectivity index (χ2v) is 5.29. The Labute approximate surface area is 103 Å². The summed E-state index contributed by atoms with van der Waals surface area (Å²) in [5, 5.41) is 9.81. The first-order valence-corrected chi connectivity index (χ1v) is 7.09. The van der Waals surface area contributed by atoms with E-state index < -0.39 is 0 Å². The normalized spacial score (nSPS) is 12.7. The lowest BCUT2D eigenvalue weighted by Crippen LogP contribution is -2.09. The molecule has 0 saturated heterocycles. The Morgan fingerprint density at radius 3 is 2.69 bits per heavy atom. The van der Waals surface area contributed by atoms with Crippen molar-refractivity contribution >= 4 is 11.8 Å². The molecule has 1 aromatic carbocycles. The summed E-state index contributed by atoms with van der Waals surface area (Å²) >= 11 is 1.76. The molecule has 2 heteroatoms. The smallest absolute Gasteiger partial charge is 0.0634 e. The van der Waals surface area contributed by atoms with E-state index in [0.717, 1.165) is 18.6 Å². The van der Waals surface area contributed by atoms with Crippen molar-refractivity contribution in [1.29, 1.82) is 0 Å². The van der Waals surface area contributed by atoms with Gasteiger partial charge in [-0.05, 0) is 25.0 Å². The minimum Gasteiger partial charge on any atom is -0.392 e. The highest BCUT2D eigenvalue weighted by atomic mass is 32.2. The maximum Gasteiger partial charge on any atom is 0.0634 e. The average Bonchev–Trinajstić information content (AvgIpc) is 2.28. The fourth-order valence-electron chi connectivity index (χ4n) is 1.62. The molecular formula is C14H22OS. The molecule has 1 rings (SSSR count). The Kier molecular flexibility index (Phi) is 6.58. The molecular weight excluding hydrogens is 216 g/mol. The summed E-state index contributed by atoms with van der Waals surface area (Å²) in [6, 6.07) is 8.35. The summed E-state index contributed by atoms with van der Waals surface area (Å²) < 4.78 is 0. The number of benzene rings is 1. The maximum atomic E-state index is 9.81. The molecule has 0 aliphatic rings. The molecule has 0 aliphatic carbocycles. The van der Waals surface area contributed by atoms with Crippen LogP contribution in [0.25, 0.3) is 0 Å². The van der Waals surface area contributed by atoms with Crippen LogP contribution >= 0.6 is 11.8 Å². The Hall–Kier alpha value is -0.470. The first-order chi connectivity index (χ1) is 7.74. The number of unbranched alkanes of at least 4 members (excludes halogenated alkanes) is 2. The van der Waals surface area contributed by atoms with Crippen molar-refractivity contribution in [2.75, 3.05) is 5.75 Å². The molecule has 0 amide bonds. The fraction of sp³-hybridized carbons (Fsp3) is 0.571. The summed E-state index contributed by atoms with van der Waals surface area (Å²) in [6.45, 7) is 4.31. The predicted molar refractivity (Wildman–Crippen MR) is 72.1 cm³/mol. The number of aliphatic hydroxyl groups is 1. The number of hydrogen-bond donors (Lipinski definition) is 1. The molecule has 1 atom stereocenters. The zero-order chi connectivity index (χ0) is 11.8. The molecule has 0 spiro atoms. The van der Waals surface area contributed by atoms with Gasteiger partial charge in [-0.25, -0.2) is 0 Å². The molecule has 0 aliphatic heterocycles. The zero-order valence-corrected chi connectivity index (χ0v) is 11.1. The molecule has 0 radical (unpaired) electrons. The van der Waals surface area contributed by atoms with Crippen molar-refractivity contribution in [2.24, 2.45) is 0 Å². The van der Waals surface area contributed by atoms with Gasteiger partial charge in [-0.1, -0.05) is 44.4 Å². The van der Waals surface area contributed by atoms with E-state index in [4.69, 9.17) is 0 Å². The van der Waals surface area contributed by atoms with E-state index in [0.29, 0.717) is 0 Å². The highest BCUT2D eigenvalue weighted by Crippen LogP contribution is 2.23. The predicted octanol–water partition coefficient (Wildman–Crippen LogP) is 4.03. The van der Waals surface area contributed by atoms with Crippen LogP contribution in [0.5, 0.6) is 0 Å². The van der Waals surface area contributed by atoms with Crippen LogP contribution in [0.3, 0.4) is 0 Å². The summed E-state index contributed by atoms with van der Waals surface area (Å²) in [4.78, 5) is 1.29. The summed E-state index contributed by atoms with van der Waals surface area (Å²) in [7, 11) is 0. The van der Waals surface area contributed by atoms with Crippen LogP contribution in [0.15, 0.2) is 29.2 Å². The van der Waals surface area contributed by atoms with E-state index in [1.165, 1.54) is 23.3 Å². The van der Waals surface area contributed by atoms with Crippen molar-refractivity contribution in [3.63, 3.8) is 0 Å². The van der Waals surface area contributed by atoms with Crippen LogP contribution < -0.4 is 0 Å². The fourth-order valence-corrected chi connectivity index (χ4v) is 2.63. The number of aryl methyl sites for hydroxylation is 1. The lowest BCUT2D eigenvalue weighted by Gasteiger charge is -2.10. The van der Waals surface area contributed by atoms with Crippen LogP contribution in [0.1, 0.15) is 38.2 Å². The SMILES string of the molecule is CCCCCC(O)CSc1ccccc1C. The summed E-state index contributed by atoms with van der Waals surface area (Å²) in [5.41, 5.74) is 1.30. The molecule has 90 valence electrons. The number of rotatable bonds is 7. The van der Waals surface area contributed by atoms with Gasteiger partial charge in [0.25, 0.3) is 0 Å². The molecule has 0 fully saturated rings. The van der Waals surface area contributed by atoms with Crippen molar-refractivity contribution in [1.82, 2.24) is 0 Å². The number of hydrogen-bond acceptors (Lipinski definition) is 2. The topological polar surface area (TPSA) is 20.2 Å². The van der Waals surface area contributed by atoms with Gasteiger partial charge in [-0.2, -0.15) is 0 Å². The van der Waals surface area contributed by atoms with Crippen LogP contribution in [-0.4, -0.2) is 17.0 Å². The zero-order valence-electron chi connectivity index (χ0n) is 10.3. The molecule has 0 saturated carbocycles. The van der Waals surface area contributed by atoms with E-state index in [9.17, 15) is 5.11 Å². The van der Waals surface area contributed by atoms with Crippen LogP contribution in [-0.2, 0) is 0 Å². The van der Waals surface area contributed by atoms with Gasteiger partial charge in [-0.15, -0.1) is 11.8 Å². The van der Waals surface area contributed by atoms with Crippen molar-refractivity contribution in [2.45, 2.75) is 50.5 Å². The largest absolute Gasteiger partial charge is 0.392 e. The van der Waals surface area contributed by atoms with Gasteiger partial charge in [0.2, 0.25) is 0 Å². The van der Waals surface area contributed by atoms with E-state index in [1.54, 1.807) is 11.8 Å². The molecule has 1 unspecified atom stereocenters. The van der Waals surface area contributed by atoms with Gasteiger partial charge in [0.1, 0.15) is 0 Å². The van der Waals surface area contributed by atoms with Gasteiger partial charge >= 0.3 is 0 Å². The van der Waals surface area contributed by atoms with Gasteiger partial charge in [0.15, 0.2) is 0 Å². The van der Waals surface area contributed by atoms with Crippen LogP contribution in [0, 0.1) is 6.92 Å². The molecule has 0 bridgehead atoms. The third-order valence-corrected chi connectivity index (χ3v) is 3.99. The quantitative estimate of drug-likeness (QED) is 0.572. The highest BCUT2D eigenvalue weighted by Gasteiger charge is 2.05. The maximum absolute atomic E-state index is 9.81. The van der Waals surface area contributed by atoms with E-state index in [1.807, 2.05) is 0 Å². The summed E-state index contributed by atoms with van der Waals surface area (Å²) in [5.74, 6) is 0.814. The Bertz CT molecular complexity index is 299. The third-order valence-electron chi connectivity index (χ3n) is 2.67. The van der Waals surface area contributed by atoms with Crippen molar-refractivity contribution < 1.29 is 5.11 Å². The Balaban J connectivity index is 2.26. The number of thioether (sulfide) groups is 1. The second kappa shape index (κ2) is 7.75.